The van der Waals surface area contributed by atoms with Crippen molar-refractivity contribution < 1.29 is 9.53 Å². The van der Waals surface area contributed by atoms with Crippen LogP contribution >= 0.6 is 0 Å². The molecule has 23 heavy (non-hydrogen) atoms. The van der Waals surface area contributed by atoms with Crippen LogP contribution in [0.1, 0.15) is 45.7 Å². The summed E-state index contributed by atoms with van der Waals surface area (Å²) in [6.45, 7) is 7.10. The van der Waals surface area contributed by atoms with E-state index in [1.165, 1.54) is 19.3 Å². The van der Waals surface area contributed by atoms with Gasteiger partial charge in [0.2, 0.25) is 0 Å². The lowest BCUT2D eigenvalue weighted by atomic mass is 9.75. The summed E-state index contributed by atoms with van der Waals surface area (Å²) in [4.78, 5) is 18.3. The highest BCUT2D eigenvalue weighted by Crippen LogP contribution is 2.37. The molecule has 130 valence electrons. The first-order valence-electron chi connectivity index (χ1n) is 8.35. The SMILES string of the molecule is CN(C)C1(Cn2cncc2CCNC(=O)OC(C)(C)C)CCC1. The molecule has 2 rings (SSSR count). The number of rotatable bonds is 6. The molecule has 0 aromatic carbocycles. The van der Waals surface area contributed by atoms with Crippen molar-refractivity contribution in [3.05, 3.63) is 18.2 Å². The number of aromatic nitrogens is 2. The van der Waals surface area contributed by atoms with Gasteiger partial charge in [-0.15, -0.1) is 0 Å². The molecular weight excluding hydrogens is 292 g/mol. The molecule has 6 heteroatoms. The summed E-state index contributed by atoms with van der Waals surface area (Å²) >= 11 is 0. The number of alkyl carbamates (subject to hydrolysis) is 1. The highest BCUT2D eigenvalue weighted by atomic mass is 16.6. The standard InChI is InChI=1S/C17H30N4O2/c1-16(2,3)23-15(22)19-10-7-14-11-18-13-21(14)12-17(20(4)5)8-6-9-17/h11,13H,6-10,12H2,1-5H3,(H,19,22). The van der Waals surface area contributed by atoms with Gasteiger partial charge in [-0.25, -0.2) is 9.78 Å². The van der Waals surface area contributed by atoms with Crippen molar-refractivity contribution in [3.63, 3.8) is 0 Å². The van der Waals surface area contributed by atoms with Crippen LogP contribution in [-0.4, -0.2) is 52.3 Å². The number of likely N-dealkylation sites (N-methyl/N-ethyl adjacent to an activating group) is 1. The largest absolute Gasteiger partial charge is 0.444 e. The molecule has 0 radical (unpaired) electrons. The van der Waals surface area contributed by atoms with Gasteiger partial charge in [-0.05, 0) is 54.1 Å². The van der Waals surface area contributed by atoms with E-state index in [2.05, 4.69) is 33.9 Å². The molecule has 0 atom stereocenters. The van der Waals surface area contributed by atoms with E-state index in [0.29, 0.717) is 6.54 Å². The highest BCUT2D eigenvalue weighted by Gasteiger charge is 2.39. The van der Waals surface area contributed by atoms with Crippen LogP contribution in [-0.2, 0) is 17.7 Å². The van der Waals surface area contributed by atoms with Crippen LogP contribution in [0.2, 0.25) is 0 Å². The normalized spacial score (nSPS) is 17.0. The molecule has 0 bridgehead atoms. The molecule has 1 aliphatic rings. The minimum atomic E-state index is -0.464. The van der Waals surface area contributed by atoms with Crippen molar-refractivity contribution >= 4 is 6.09 Å². The summed E-state index contributed by atoms with van der Waals surface area (Å²) in [6, 6.07) is 0. The fraction of sp³-hybridized carbons (Fsp3) is 0.765. The summed E-state index contributed by atoms with van der Waals surface area (Å²) in [5, 5.41) is 2.81. The molecule has 1 aromatic heterocycles. The van der Waals surface area contributed by atoms with Crippen LogP contribution in [0.15, 0.2) is 12.5 Å². The van der Waals surface area contributed by atoms with Crippen molar-refractivity contribution in [3.8, 4) is 0 Å². The highest BCUT2D eigenvalue weighted by molar-refractivity contribution is 5.67. The summed E-state index contributed by atoms with van der Waals surface area (Å²) in [7, 11) is 4.31. The Morgan fingerprint density at radius 2 is 2.13 bits per heavy atom. The van der Waals surface area contributed by atoms with Gasteiger partial charge in [0.1, 0.15) is 5.60 Å². The lowest BCUT2D eigenvalue weighted by Crippen LogP contribution is -2.53. The van der Waals surface area contributed by atoms with Crippen LogP contribution in [0.3, 0.4) is 0 Å². The Labute approximate surface area is 139 Å². The quantitative estimate of drug-likeness (QED) is 0.874. The van der Waals surface area contributed by atoms with E-state index < -0.39 is 5.60 Å². The van der Waals surface area contributed by atoms with Crippen LogP contribution in [0.5, 0.6) is 0 Å². The Morgan fingerprint density at radius 1 is 1.43 bits per heavy atom. The van der Waals surface area contributed by atoms with E-state index >= 15 is 0 Å². The van der Waals surface area contributed by atoms with Crippen molar-refractivity contribution in [2.75, 3.05) is 20.6 Å². The lowest BCUT2D eigenvalue weighted by molar-refractivity contribution is 0.0415. The van der Waals surface area contributed by atoms with Gasteiger partial charge in [0.05, 0.1) is 6.33 Å². The topological polar surface area (TPSA) is 59.4 Å². The van der Waals surface area contributed by atoms with Gasteiger partial charge >= 0.3 is 6.09 Å². The van der Waals surface area contributed by atoms with E-state index in [1.54, 1.807) is 0 Å². The molecule has 1 amide bonds. The maximum absolute atomic E-state index is 11.7. The Morgan fingerprint density at radius 3 is 2.65 bits per heavy atom. The molecule has 1 fully saturated rings. The van der Waals surface area contributed by atoms with E-state index in [4.69, 9.17) is 4.74 Å². The number of amides is 1. The molecule has 1 aliphatic carbocycles. The molecule has 0 saturated heterocycles. The number of hydrogen-bond donors (Lipinski definition) is 1. The van der Waals surface area contributed by atoms with Gasteiger partial charge in [-0.3, -0.25) is 0 Å². The summed E-state index contributed by atoms with van der Waals surface area (Å²) in [5.41, 5.74) is 0.941. The minimum absolute atomic E-state index is 0.258. The molecule has 0 aliphatic heterocycles. The van der Waals surface area contributed by atoms with Crippen LogP contribution in [0.4, 0.5) is 4.79 Å². The molecule has 0 unspecified atom stereocenters. The lowest BCUT2D eigenvalue weighted by Gasteiger charge is -2.47. The summed E-state index contributed by atoms with van der Waals surface area (Å²) in [5.74, 6) is 0. The van der Waals surface area contributed by atoms with Crippen molar-refractivity contribution in [2.24, 2.45) is 0 Å². The zero-order valence-electron chi connectivity index (χ0n) is 15.1. The molecular formula is C17H30N4O2. The number of carbonyl (C=O) groups excluding carboxylic acids is 1. The fourth-order valence-electron chi connectivity index (χ4n) is 2.95. The number of carbonyl (C=O) groups is 1. The maximum atomic E-state index is 11.7. The number of imidazole rings is 1. The number of hydrogen-bond acceptors (Lipinski definition) is 4. The van der Waals surface area contributed by atoms with Gasteiger partial charge in [0, 0.05) is 36.9 Å². The Hall–Kier alpha value is -1.56. The van der Waals surface area contributed by atoms with E-state index in [9.17, 15) is 4.79 Å². The second kappa shape index (κ2) is 6.91. The molecule has 0 spiro atoms. The van der Waals surface area contributed by atoms with Crippen molar-refractivity contribution in [1.82, 2.24) is 19.8 Å². The molecule has 1 aromatic rings. The van der Waals surface area contributed by atoms with E-state index in [-0.39, 0.29) is 11.6 Å². The van der Waals surface area contributed by atoms with Crippen LogP contribution in [0.25, 0.3) is 0 Å². The van der Waals surface area contributed by atoms with Gasteiger partial charge in [-0.1, -0.05) is 0 Å². The number of nitrogens with one attached hydrogen (secondary N) is 1. The third-order valence-corrected chi connectivity index (χ3v) is 4.55. The first kappa shape index (κ1) is 17.8. The Kier molecular flexibility index (Phi) is 5.34. The number of ether oxygens (including phenoxy) is 1. The Balaban J connectivity index is 1.86. The summed E-state index contributed by atoms with van der Waals surface area (Å²) in [6.07, 6.45) is 7.92. The minimum Gasteiger partial charge on any atom is -0.444 e. The average molecular weight is 322 g/mol. The molecule has 1 saturated carbocycles. The monoisotopic (exact) mass is 322 g/mol. The predicted octanol–water partition coefficient (Wildman–Crippen LogP) is 2.43. The van der Waals surface area contributed by atoms with Crippen LogP contribution < -0.4 is 5.32 Å². The van der Waals surface area contributed by atoms with Gasteiger partial charge < -0.3 is 19.5 Å². The predicted molar refractivity (Wildman–Crippen MR) is 90.4 cm³/mol. The van der Waals surface area contributed by atoms with Crippen molar-refractivity contribution in [2.45, 2.75) is 64.1 Å². The first-order valence-corrected chi connectivity index (χ1v) is 8.35. The van der Waals surface area contributed by atoms with Gasteiger partial charge in [0.25, 0.3) is 0 Å². The van der Waals surface area contributed by atoms with Gasteiger partial charge in [0.15, 0.2) is 0 Å². The molecule has 6 nitrogen and oxygen atoms in total. The first-order chi connectivity index (χ1) is 10.7. The van der Waals surface area contributed by atoms with Gasteiger partial charge in [-0.2, -0.15) is 0 Å². The average Bonchev–Trinajstić information content (AvgIpc) is 2.78. The van der Waals surface area contributed by atoms with Crippen molar-refractivity contribution in [1.29, 1.82) is 0 Å². The van der Waals surface area contributed by atoms with E-state index in [0.717, 1.165) is 18.7 Å². The zero-order chi connectivity index (χ0) is 17.1. The molecule has 1 N–H and O–H groups in total. The summed E-state index contributed by atoms with van der Waals surface area (Å²) < 4.78 is 7.46. The maximum Gasteiger partial charge on any atom is 0.407 e. The second-order valence-electron chi connectivity index (χ2n) is 7.66. The van der Waals surface area contributed by atoms with Crippen LogP contribution in [0, 0.1) is 0 Å². The zero-order valence-corrected chi connectivity index (χ0v) is 15.1. The third-order valence-electron chi connectivity index (χ3n) is 4.55. The number of nitrogens with zero attached hydrogens (tertiary/aromatic N) is 3. The third kappa shape index (κ3) is 4.70. The fourth-order valence-corrected chi connectivity index (χ4v) is 2.95. The van der Waals surface area contributed by atoms with E-state index in [1.807, 2.05) is 33.3 Å². The second-order valence-corrected chi connectivity index (χ2v) is 7.66. The molecule has 1 heterocycles. The Bertz CT molecular complexity index is 527. The smallest absolute Gasteiger partial charge is 0.407 e.